The van der Waals surface area contributed by atoms with Gasteiger partial charge in [-0.1, -0.05) is 19.1 Å². The Bertz CT molecular complexity index is 794. The molecule has 6 heteroatoms. The van der Waals surface area contributed by atoms with Gasteiger partial charge >= 0.3 is 11.9 Å². The number of hydrogen-bond donors (Lipinski definition) is 1. The average molecular weight is 388 g/mol. The second-order valence-electron chi connectivity index (χ2n) is 8.67. The summed E-state index contributed by atoms with van der Waals surface area (Å²) in [5.74, 6) is -1.79. The summed E-state index contributed by atoms with van der Waals surface area (Å²) in [7, 11) is 0. The molecule has 0 spiro atoms. The highest BCUT2D eigenvalue weighted by Gasteiger charge is 2.62. The van der Waals surface area contributed by atoms with Crippen molar-refractivity contribution in [1.82, 2.24) is 0 Å². The fourth-order valence-corrected chi connectivity index (χ4v) is 5.61. The van der Waals surface area contributed by atoms with Gasteiger partial charge in [0.15, 0.2) is 5.78 Å². The number of carboxylic acids is 1. The molecule has 28 heavy (non-hydrogen) atoms. The monoisotopic (exact) mass is 388 g/mol. The van der Waals surface area contributed by atoms with Crippen molar-refractivity contribution >= 4 is 17.7 Å². The molecule has 0 aromatic carbocycles. The Hall–Kier alpha value is -2.37. The van der Waals surface area contributed by atoms with Gasteiger partial charge < -0.3 is 14.3 Å². The molecule has 0 saturated heterocycles. The smallest absolute Gasteiger partial charge is 0.313 e. The van der Waals surface area contributed by atoms with Crippen LogP contribution in [0.25, 0.3) is 0 Å². The summed E-state index contributed by atoms with van der Waals surface area (Å²) < 4.78 is 10.5. The van der Waals surface area contributed by atoms with E-state index < -0.39 is 28.9 Å². The number of ketones is 1. The Morgan fingerprint density at radius 1 is 1.32 bits per heavy atom. The number of Topliss-reactive ketones (excluding diaryl/α,β-unsaturated/α-hetero) is 1. The zero-order chi connectivity index (χ0) is 20.7. The highest BCUT2D eigenvalue weighted by Crippen LogP contribution is 2.62. The molecule has 2 fully saturated rings. The minimum absolute atomic E-state index is 0.0269. The number of carbonyl (C=O) groups excluding carboxylic acids is 2. The van der Waals surface area contributed by atoms with Crippen molar-refractivity contribution in [3.8, 4) is 0 Å². The predicted octanol–water partition coefficient (Wildman–Crippen LogP) is 4.26. The van der Waals surface area contributed by atoms with Crippen LogP contribution in [0.15, 0.2) is 35.2 Å². The molecular formula is C22H28O6. The fraction of sp³-hybridized carbons (Fsp3) is 0.591. The Morgan fingerprint density at radius 2 is 2.04 bits per heavy atom. The van der Waals surface area contributed by atoms with E-state index in [4.69, 9.17) is 9.15 Å². The van der Waals surface area contributed by atoms with Crippen molar-refractivity contribution in [1.29, 1.82) is 0 Å². The summed E-state index contributed by atoms with van der Waals surface area (Å²) in [6.45, 7) is 9.29. The van der Waals surface area contributed by atoms with Gasteiger partial charge in [0.2, 0.25) is 0 Å². The molecule has 1 aromatic heterocycles. The third kappa shape index (κ3) is 3.19. The van der Waals surface area contributed by atoms with Crippen molar-refractivity contribution in [3.05, 3.63) is 36.3 Å². The SMILES string of the molecule is C=C1CCC2C(C)(CCC(OC(C)=O)C2(C)C(=O)O)C1CC(=O)c1ccoc1. The van der Waals surface area contributed by atoms with Crippen LogP contribution in [-0.2, 0) is 14.3 Å². The van der Waals surface area contributed by atoms with Gasteiger partial charge in [-0.05, 0) is 55.9 Å². The zero-order valence-electron chi connectivity index (χ0n) is 16.7. The minimum atomic E-state index is -1.20. The van der Waals surface area contributed by atoms with E-state index in [2.05, 4.69) is 13.5 Å². The normalized spacial score (nSPS) is 35.1. The molecule has 2 saturated carbocycles. The van der Waals surface area contributed by atoms with E-state index >= 15 is 0 Å². The maximum absolute atomic E-state index is 12.8. The predicted molar refractivity (Wildman–Crippen MR) is 102 cm³/mol. The number of carboxylic acid groups (broad SMARTS) is 1. The molecule has 6 nitrogen and oxygen atoms in total. The maximum Gasteiger partial charge on any atom is 0.313 e. The summed E-state index contributed by atoms with van der Waals surface area (Å²) in [5.41, 5.74) is -0.0863. The first-order valence-electron chi connectivity index (χ1n) is 9.74. The van der Waals surface area contributed by atoms with Gasteiger partial charge in [-0.25, -0.2) is 0 Å². The lowest BCUT2D eigenvalue weighted by molar-refractivity contribution is -0.194. The molecule has 0 bridgehead atoms. The van der Waals surface area contributed by atoms with Gasteiger partial charge in [0.25, 0.3) is 0 Å². The van der Waals surface area contributed by atoms with Gasteiger partial charge in [-0.3, -0.25) is 14.4 Å². The number of furan rings is 1. The van der Waals surface area contributed by atoms with Gasteiger partial charge in [-0.15, -0.1) is 0 Å². The number of ether oxygens (including phenoxy) is 1. The molecule has 5 atom stereocenters. The molecular weight excluding hydrogens is 360 g/mol. The standard InChI is InChI=1S/C22H28O6/c1-13-5-6-18-21(3,16(13)11-17(24)15-8-10-27-12-15)9-7-19(28-14(2)23)22(18,4)20(25)26/h8,10,12,16,18-19H,1,5-7,9,11H2,2-4H3,(H,25,26). The number of esters is 1. The largest absolute Gasteiger partial charge is 0.481 e. The number of rotatable bonds is 5. The fourth-order valence-electron chi connectivity index (χ4n) is 5.61. The second kappa shape index (κ2) is 7.22. The van der Waals surface area contributed by atoms with Crippen LogP contribution in [0, 0.1) is 22.7 Å². The molecule has 5 unspecified atom stereocenters. The van der Waals surface area contributed by atoms with E-state index in [1.54, 1.807) is 13.0 Å². The lowest BCUT2D eigenvalue weighted by Crippen LogP contribution is -2.60. The van der Waals surface area contributed by atoms with Crippen molar-refractivity contribution < 1.29 is 28.6 Å². The van der Waals surface area contributed by atoms with Gasteiger partial charge in [-0.2, -0.15) is 0 Å². The third-order valence-electron chi connectivity index (χ3n) is 7.18. The Kier molecular flexibility index (Phi) is 5.26. The van der Waals surface area contributed by atoms with E-state index in [0.29, 0.717) is 31.2 Å². The van der Waals surface area contributed by atoms with Crippen LogP contribution in [0.4, 0.5) is 0 Å². The topological polar surface area (TPSA) is 93.8 Å². The van der Waals surface area contributed by atoms with Crippen molar-refractivity contribution in [2.75, 3.05) is 0 Å². The van der Waals surface area contributed by atoms with Gasteiger partial charge in [0, 0.05) is 13.3 Å². The molecule has 1 aromatic rings. The molecule has 0 radical (unpaired) electrons. The summed E-state index contributed by atoms with van der Waals surface area (Å²) in [4.78, 5) is 36.7. The molecule has 2 aliphatic carbocycles. The molecule has 152 valence electrons. The summed E-state index contributed by atoms with van der Waals surface area (Å²) in [6.07, 6.45) is 4.98. The first-order chi connectivity index (χ1) is 13.1. The quantitative estimate of drug-likeness (QED) is 0.460. The summed E-state index contributed by atoms with van der Waals surface area (Å²) >= 11 is 0. The number of fused-ring (bicyclic) bond motifs is 1. The third-order valence-corrected chi connectivity index (χ3v) is 7.18. The molecule has 1 heterocycles. The first-order valence-corrected chi connectivity index (χ1v) is 9.74. The van der Waals surface area contributed by atoms with Gasteiger partial charge in [0.1, 0.15) is 17.8 Å². The number of aliphatic carboxylic acids is 1. The second-order valence-corrected chi connectivity index (χ2v) is 8.67. The van der Waals surface area contributed by atoms with Crippen LogP contribution in [-0.4, -0.2) is 28.9 Å². The van der Waals surface area contributed by atoms with Crippen molar-refractivity contribution in [2.24, 2.45) is 22.7 Å². The lowest BCUT2D eigenvalue weighted by atomic mass is 9.46. The summed E-state index contributed by atoms with van der Waals surface area (Å²) in [6, 6.07) is 1.65. The Labute approximate surface area is 164 Å². The van der Waals surface area contributed by atoms with Crippen LogP contribution in [0.5, 0.6) is 0 Å². The van der Waals surface area contributed by atoms with Crippen LogP contribution < -0.4 is 0 Å². The first kappa shape index (κ1) is 20.4. The van der Waals surface area contributed by atoms with Crippen molar-refractivity contribution in [3.63, 3.8) is 0 Å². The molecule has 0 amide bonds. The average Bonchev–Trinajstić information content (AvgIpc) is 3.15. The number of carbonyl (C=O) groups is 3. The molecule has 1 N–H and O–H groups in total. The Balaban J connectivity index is 1.95. The van der Waals surface area contributed by atoms with E-state index in [-0.39, 0.29) is 24.0 Å². The van der Waals surface area contributed by atoms with Gasteiger partial charge in [0.05, 0.1) is 11.8 Å². The van der Waals surface area contributed by atoms with Crippen molar-refractivity contribution in [2.45, 2.75) is 59.0 Å². The van der Waals surface area contributed by atoms with Crippen LogP contribution in [0.2, 0.25) is 0 Å². The van der Waals surface area contributed by atoms with E-state index in [1.165, 1.54) is 19.5 Å². The minimum Gasteiger partial charge on any atom is -0.481 e. The molecule has 3 rings (SSSR count). The maximum atomic E-state index is 12.8. The van der Waals surface area contributed by atoms with E-state index in [1.807, 2.05) is 0 Å². The molecule has 0 aliphatic heterocycles. The number of allylic oxidation sites excluding steroid dienone is 1. The van der Waals surface area contributed by atoms with E-state index in [9.17, 15) is 19.5 Å². The van der Waals surface area contributed by atoms with Crippen LogP contribution in [0.3, 0.4) is 0 Å². The number of hydrogen-bond acceptors (Lipinski definition) is 5. The van der Waals surface area contributed by atoms with Crippen LogP contribution in [0.1, 0.15) is 63.2 Å². The van der Waals surface area contributed by atoms with E-state index in [0.717, 1.165) is 5.57 Å². The Morgan fingerprint density at radius 3 is 2.61 bits per heavy atom. The highest BCUT2D eigenvalue weighted by molar-refractivity contribution is 5.96. The highest BCUT2D eigenvalue weighted by atomic mass is 16.5. The lowest BCUT2D eigenvalue weighted by Gasteiger charge is -2.58. The van der Waals surface area contributed by atoms with Crippen LogP contribution >= 0.6 is 0 Å². The molecule has 2 aliphatic rings. The summed E-state index contributed by atoms with van der Waals surface area (Å²) in [5, 5.41) is 10.1. The zero-order valence-corrected chi connectivity index (χ0v) is 16.7.